The molecule has 0 spiro atoms. The second kappa shape index (κ2) is 11.8. The number of aliphatic imine (C=N–C) groups is 1. The maximum atomic E-state index is 13.6. The van der Waals surface area contributed by atoms with Gasteiger partial charge in [0.2, 0.25) is 5.44 Å². The van der Waals surface area contributed by atoms with Gasteiger partial charge in [0.25, 0.3) is 0 Å². The highest BCUT2D eigenvalue weighted by atomic mass is 32.2. The lowest BCUT2D eigenvalue weighted by atomic mass is 10.2. The molecule has 0 saturated heterocycles. The molecule has 180 valence electrons. The first-order valence-corrected chi connectivity index (χ1v) is 14.6. The normalized spacial score (nSPS) is 12.3. The molecule has 1 aromatic heterocycles. The second-order valence-electron chi connectivity index (χ2n) is 8.22. The van der Waals surface area contributed by atoms with Crippen LogP contribution in [0.4, 0.5) is 0 Å². The minimum atomic E-state index is -2.55. The zero-order chi connectivity index (χ0) is 25.3. The molecule has 0 radical (unpaired) electrons. The van der Waals surface area contributed by atoms with Gasteiger partial charge in [-0.3, -0.25) is 0 Å². The molecule has 0 amide bonds. The van der Waals surface area contributed by atoms with Crippen LogP contribution in [0.1, 0.15) is 5.56 Å². The fraction of sp³-hybridized carbons (Fsp3) is 0. The third-order valence-electron chi connectivity index (χ3n) is 5.93. The molecule has 0 aliphatic carbocycles. The summed E-state index contributed by atoms with van der Waals surface area (Å²) in [6, 6.07) is 46.3. The number of nitrogens with zero attached hydrogens (tertiary/aromatic N) is 2. The minimum Gasteiger partial charge on any atom is -0.858 e. The summed E-state index contributed by atoms with van der Waals surface area (Å²) >= 11 is 1.49. The first-order valence-electron chi connectivity index (χ1n) is 11.9. The SMILES string of the molecule is [O-]C(=NC(=CSc1ccccn1)[P+](c1ccccc1)(c1ccccc1)c1ccccc1)c1ccccc1. The van der Waals surface area contributed by atoms with Crippen molar-refractivity contribution in [2.24, 2.45) is 4.99 Å². The summed E-state index contributed by atoms with van der Waals surface area (Å²) in [5, 5.41) is 19.8. The van der Waals surface area contributed by atoms with Gasteiger partial charge in [0, 0.05) is 11.6 Å². The van der Waals surface area contributed by atoms with Gasteiger partial charge in [0.05, 0.1) is 0 Å². The molecule has 0 aliphatic rings. The number of hydrogen-bond donors (Lipinski definition) is 0. The van der Waals surface area contributed by atoms with E-state index in [0.717, 1.165) is 26.4 Å². The molecule has 5 heteroatoms. The van der Waals surface area contributed by atoms with Crippen molar-refractivity contribution in [1.29, 1.82) is 0 Å². The van der Waals surface area contributed by atoms with Crippen molar-refractivity contribution in [2.45, 2.75) is 5.03 Å². The van der Waals surface area contributed by atoms with Crippen molar-refractivity contribution in [3.05, 3.63) is 162 Å². The van der Waals surface area contributed by atoms with E-state index in [4.69, 9.17) is 4.99 Å². The van der Waals surface area contributed by atoms with E-state index in [-0.39, 0.29) is 5.90 Å². The Morgan fingerprint density at radius 3 is 1.54 bits per heavy atom. The highest BCUT2D eigenvalue weighted by Crippen LogP contribution is 2.63. The van der Waals surface area contributed by atoms with Crippen LogP contribution in [0.15, 0.2) is 167 Å². The summed E-state index contributed by atoms with van der Waals surface area (Å²) in [4.78, 5) is 9.38. The predicted octanol–water partition coefficient (Wildman–Crippen LogP) is 5.77. The van der Waals surface area contributed by atoms with E-state index in [1.165, 1.54) is 11.8 Å². The molecule has 0 fully saturated rings. The Bertz CT molecular complexity index is 1380. The average molecular weight is 517 g/mol. The Labute approximate surface area is 222 Å². The lowest BCUT2D eigenvalue weighted by molar-refractivity contribution is -0.212. The van der Waals surface area contributed by atoms with Crippen LogP contribution in [-0.4, -0.2) is 10.9 Å². The smallest absolute Gasteiger partial charge is 0.204 e. The molecule has 5 rings (SSSR count). The van der Waals surface area contributed by atoms with Crippen LogP contribution in [0.25, 0.3) is 0 Å². The van der Waals surface area contributed by atoms with Crippen LogP contribution in [0.3, 0.4) is 0 Å². The van der Waals surface area contributed by atoms with E-state index in [0.29, 0.717) is 5.56 Å². The van der Waals surface area contributed by atoms with Crippen LogP contribution >= 0.6 is 19.0 Å². The molecule has 4 aromatic carbocycles. The lowest BCUT2D eigenvalue weighted by Crippen LogP contribution is -2.33. The standard InChI is InChI=1S/C32H25N2OPS/c35-32(26-15-5-1-6-16-26)34-30(25-37-31-23-13-14-24-33-31)36(27-17-7-2-8-18-27,28-19-9-3-10-20-28)29-21-11-4-12-22-29/h1-25H. The van der Waals surface area contributed by atoms with Crippen molar-refractivity contribution in [1.82, 2.24) is 4.98 Å². The van der Waals surface area contributed by atoms with Gasteiger partial charge in [-0.05, 0) is 60.0 Å². The summed E-state index contributed by atoms with van der Waals surface area (Å²) in [5.74, 6) is -0.263. The summed E-state index contributed by atoms with van der Waals surface area (Å²) in [6.07, 6.45) is 1.77. The summed E-state index contributed by atoms with van der Waals surface area (Å²) in [6.45, 7) is 0. The van der Waals surface area contributed by atoms with Crippen molar-refractivity contribution in [3.63, 3.8) is 0 Å². The number of aromatic nitrogens is 1. The molecule has 37 heavy (non-hydrogen) atoms. The van der Waals surface area contributed by atoms with Crippen molar-refractivity contribution >= 4 is 40.8 Å². The van der Waals surface area contributed by atoms with Gasteiger partial charge in [-0.15, -0.1) is 0 Å². The molecule has 0 aliphatic heterocycles. The topological polar surface area (TPSA) is 48.3 Å². The molecule has 5 aromatic rings. The number of pyridine rings is 1. The van der Waals surface area contributed by atoms with Crippen molar-refractivity contribution in [3.8, 4) is 0 Å². The fourth-order valence-corrected chi connectivity index (χ4v) is 9.39. The summed E-state index contributed by atoms with van der Waals surface area (Å²) < 4.78 is 0. The van der Waals surface area contributed by atoms with Gasteiger partial charge < -0.3 is 5.11 Å². The maximum Gasteiger partial charge on any atom is 0.204 e. The van der Waals surface area contributed by atoms with Gasteiger partial charge in [-0.2, -0.15) is 0 Å². The summed E-state index contributed by atoms with van der Waals surface area (Å²) in [5.41, 5.74) is 1.30. The zero-order valence-electron chi connectivity index (χ0n) is 20.1. The van der Waals surface area contributed by atoms with E-state index >= 15 is 0 Å². The van der Waals surface area contributed by atoms with Crippen LogP contribution in [-0.2, 0) is 0 Å². The largest absolute Gasteiger partial charge is 0.858 e. The van der Waals surface area contributed by atoms with Gasteiger partial charge in [0.15, 0.2) is 7.26 Å². The van der Waals surface area contributed by atoms with E-state index in [2.05, 4.69) is 77.8 Å². The zero-order valence-corrected chi connectivity index (χ0v) is 21.8. The quantitative estimate of drug-likeness (QED) is 0.114. The molecule has 0 atom stereocenters. The predicted molar refractivity (Wildman–Crippen MR) is 156 cm³/mol. The van der Waals surface area contributed by atoms with Crippen LogP contribution in [0.2, 0.25) is 0 Å². The number of rotatable bonds is 8. The third-order valence-corrected chi connectivity index (χ3v) is 11.1. The van der Waals surface area contributed by atoms with Crippen LogP contribution in [0.5, 0.6) is 0 Å². The molecule has 0 N–H and O–H groups in total. The fourth-order valence-electron chi connectivity index (χ4n) is 4.26. The van der Waals surface area contributed by atoms with Crippen molar-refractivity contribution in [2.75, 3.05) is 0 Å². The number of thioether (sulfide) groups is 1. The van der Waals surface area contributed by atoms with Gasteiger partial charge in [-0.1, -0.05) is 103 Å². The Morgan fingerprint density at radius 2 is 1.08 bits per heavy atom. The van der Waals surface area contributed by atoms with Crippen molar-refractivity contribution < 1.29 is 5.11 Å². The number of benzene rings is 4. The first-order chi connectivity index (χ1) is 18.3. The Morgan fingerprint density at radius 1 is 0.622 bits per heavy atom. The molecule has 0 unspecified atom stereocenters. The highest BCUT2D eigenvalue weighted by molar-refractivity contribution is 8.04. The van der Waals surface area contributed by atoms with Gasteiger partial charge in [0.1, 0.15) is 20.9 Å². The molecular weight excluding hydrogens is 491 g/mol. The summed E-state index contributed by atoms with van der Waals surface area (Å²) in [7, 11) is -2.55. The Kier molecular flexibility index (Phi) is 7.90. The van der Waals surface area contributed by atoms with Gasteiger partial charge in [-0.25, -0.2) is 9.98 Å². The lowest BCUT2D eigenvalue weighted by Gasteiger charge is -2.28. The monoisotopic (exact) mass is 516 g/mol. The number of hydrogen-bond acceptors (Lipinski definition) is 4. The Hall–Kier alpha value is -3.98. The van der Waals surface area contributed by atoms with E-state index in [9.17, 15) is 5.11 Å². The molecule has 0 saturated carbocycles. The van der Waals surface area contributed by atoms with Crippen LogP contribution in [0, 0.1) is 0 Å². The van der Waals surface area contributed by atoms with E-state index < -0.39 is 7.26 Å². The minimum absolute atomic E-state index is 0.263. The molecule has 3 nitrogen and oxygen atoms in total. The maximum absolute atomic E-state index is 13.6. The van der Waals surface area contributed by atoms with Gasteiger partial charge >= 0.3 is 0 Å². The molecular formula is C32H25N2OPS. The molecule has 1 heterocycles. The Balaban J connectivity index is 1.83. The average Bonchev–Trinajstić information content (AvgIpc) is 2.99. The second-order valence-corrected chi connectivity index (χ2v) is 12.5. The highest BCUT2D eigenvalue weighted by Gasteiger charge is 2.50. The first kappa shape index (κ1) is 24.7. The van der Waals surface area contributed by atoms with E-state index in [1.807, 2.05) is 72.1 Å². The van der Waals surface area contributed by atoms with Crippen LogP contribution < -0.4 is 21.0 Å². The molecule has 0 bridgehead atoms. The third kappa shape index (κ3) is 5.41. The van der Waals surface area contributed by atoms with E-state index in [1.54, 1.807) is 6.20 Å².